The highest BCUT2D eigenvalue weighted by Crippen LogP contribution is 2.69. The third-order valence-electron chi connectivity index (χ3n) is 13.9. The van der Waals surface area contributed by atoms with Crippen molar-refractivity contribution in [1.29, 1.82) is 0 Å². The lowest BCUT2D eigenvalue weighted by Gasteiger charge is -2.63. The van der Waals surface area contributed by atoms with Crippen LogP contribution in [0.25, 0.3) is 11.1 Å². The molecule has 252 valence electrons. The number of fused-ring (bicyclic) bond motifs is 3. The Kier molecular flexibility index (Phi) is 6.62. The molecule has 0 aromatic heterocycles. The van der Waals surface area contributed by atoms with Gasteiger partial charge in [0.05, 0.1) is 0 Å². The Labute approximate surface area is 298 Å². The van der Waals surface area contributed by atoms with Crippen molar-refractivity contribution in [3.8, 4) is 22.6 Å². The summed E-state index contributed by atoms with van der Waals surface area (Å²) in [7, 11) is 0. The summed E-state index contributed by atoms with van der Waals surface area (Å²) < 4.78 is 6.78. The molecule has 11 rings (SSSR count). The molecule has 4 saturated carbocycles. The molecule has 2 heteroatoms. The molecule has 0 unspecified atom stereocenters. The van der Waals surface area contributed by atoms with E-state index in [1.54, 1.807) is 0 Å². The maximum atomic E-state index is 6.78. The molecule has 0 saturated heterocycles. The van der Waals surface area contributed by atoms with Gasteiger partial charge in [-0.25, -0.2) is 0 Å². The second-order valence-electron chi connectivity index (χ2n) is 17.7. The van der Waals surface area contributed by atoms with Crippen molar-refractivity contribution in [1.82, 2.24) is 0 Å². The molecular weight excluding hydrogens is 607 g/mol. The summed E-state index contributed by atoms with van der Waals surface area (Å²) in [5.41, 5.74) is 12.5. The molecular formula is C48H49NO. The highest BCUT2D eigenvalue weighted by Gasteiger charge is 2.61. The van der Waals surface area contributed by atoms with Gasteiger partial charge in [0.25, 0.3) is 0 Å². The molecule has 4 bridgehead atoms. The Morgan fingerprint density at radius 1 is 0.520 bits per heavy atom. The van der Waals surface area contributed by atoms with Gasteiger partial charge in [-0.1, -0.05) is 94.4 Å². The first-order valence-corrected chi connectivity index (χ1v) is 19.2. The van der Waals surface area contributed by atoms with Crippen molar-refractivity contribution in [3.05, 3.63) is 138 Å². The Hall–Kier alpha value is -4.30. The number of ether oxygens (including phenoxy) is 1. The monoisotopic (exact) mass is 655 g/mol. The zero-order chi connectivity index (χ0) is 33.8. The fourth-order valence-electron chi connectivity index (χ4n) is 11.8. The number of hydrogen-bond acceptors (Lipinski definition) is 2. The molecule has 1 aliphatic heterocycles. The van der Waals surface area contributed by atoms with E-state index in [-0.39, 0.29) is 16.2 Å². The van der Waals surface area contributed by atoms with Crippen LogP contribution in [0.1, 0.15) is 94.9 Å². The molecule has 5 aromatic rings. The van der Waals surface area contributed by atoms with Crippen molar-refractivity contribution < 1.29 is 4.74 Å². The lowest BCUT2D eigenvalue weighted by molar-refractivity contribution is -0.0452. The Bertz CT molecular complexity index is 2080. The Morgan fingerprint density at radius 2 is 1.12 bits per heavy atom. The zero-order valence-electron chi connectivity index (χ0n) is 30.1. The van der Waals surface area contributed by atoms with Gasteiger partial charge in [-0.3, -0.25) is 0 Å². The summed E-state index contributed by atoms with van der Waals surface area (Å²) in [5, 5.41) is 0. The van der Waals surface area contributed by atoms with Gasteiger partial charge in [0.2, 0.25) is 0 Å². The van der Waals surface area contributed by atoms with E-state index in [0.29, 0.717) is 11.8 Å². The smallest absolute Gasteiger partial charge is 0.131 e. The highest BCUT2D eigenvalue weighted by molar-refractivity contribution is 5.81. The molecule has 5 aliphatic carbocycles. The summed E-state index contributed by atoms with van der Waals surface area (Å²) in [4.78, 5) is 2.46. The number of hydrogen-bond donors (Lipinski definition) is 0. The quantitative estimate of drug-likeness (QED) is 0.191. The fourth-order valence-corrected chi connectivity index (χ4v) is 11.8. The van der Waals surface area contributed by atoms with Crippen LogP contribution in [0, 0.1) is 23.7 Å². The van der Waals surface area contributed by atoms with Crippen molar-refractivity contribution in [2.75, 3.05) is 4.90 Å². The minimum atomic E-state index is 0.0206. The highest BCUT2D eigenvalue weighted by atomic mass is 16.5. The van der Waals surface area contributed by atoms with Gasteiger partial charge in [0.1, 0.15) is 11.5 Å². The summed E-state index contributed by atoms with van der Waals surface area (Å²) >= 11 is 0. The minimum absolute atomic E-state index is 0.0206. The summed E-state index contributed by atoms with van der Waals surface area (Å²) in [6.07, 6.45) is 9.30. The van der Waals surface area contributed by atoms with E-state index in [2.05, 4.69) is 148 Å². The zero-order valence-corrected chi connectivity index (χ0v) is 30.1. The van der Waals surface area contributed by atoms with E-state index < -0.39 is 0 Å². The van der Waals surface area contributed by atoms with E-state index in [1.165, 1.54) is 95.4 Å². The Balaban J connectivity index is 1.11. The van der Waals surface area contributed by atoms with Crippen LogP contribution >= 0.6 is 0 Å². The first-order valence-electron chi connectivity index (χ1n) is 19.2. The third-order valence-corrected chi connectivity index (χ3v) is 13.9. The maximum Gasteiger partial charge on any atom is 0.131 e. The van der Waals surface area contributed by atoms with Crippen LogP contribution in [0.4, 0.5) is 17.1 Å². The van der Waals surface area contributed by atoms with Gasteiger partial charge in [0, 0.05) is 33.6 Å². The van der Waals surface area contributed by atoms with Gasteiger partial charge in [0.15, 0.2) is 0 Å². The molecule has 0 amide bonds. The average molecular weight is 656 g/mol. The predicted octanol–water partition coefficient (Wildman–Crippen LogP) is 13.0. The molecule has 0 atom stereocenters. The summed E-state index contributed by atoms with van der Waals surface area (Å²) in [5.74, 6) is 5.28. The molecule has 50 heavy (non-hydrogen) atoms. The topological polar surface area (TPSA) is 12.5 Å². The van der Waals surface area contributed by atoms with Crippen LogP contribution in [0.2, 0.25) is 0 Å². The van der Waals surface area contributed by atoms with Crippen molar-refractivity contribution in [2.45, 2.75) is 88.9 Å². The number of benzene rings is 5. The minimum Gasteiger partial charge on any atom is -0.457 e. The van der Waals surface area contributed by atoms with Crippen LogP contribution in [-0.4, -0.2) is 0 Å². The molecule has 1 heterocycles. The largest absolute Gasteiger partial charge is 0.457 e. The van der Waals surface area contributed by atoms with Gasteiger partial charge in [-0.05, 0) is 150 Å². The van der Waals surface area contributed by atoms with E-state index in [4.69, 9.17) is 4.74 Å². The van der Waals surface area contributed by atoms with Gasteiger partial charge < -0.3 is 9.64 Å². The van der Waals surface area contributed by atoms with Gasteiger partial charge >= 0.3 is 0 Å². The predicted molar refractivity (Wildman–Crippen MR) is 206 cm³/mol. The van der Waals surface area contributed by atoms with Crippen molar-refractivity contribution >= 4 is 17.1 Å². The normalized spacial score (nSPS) is 27.6. The first kappa shape index (κ1) is 30.5. The second kappa shape index (κ2) is 10.8. The van der Waals surface area contributed by atoms with Crippen LogP contribution < -0.4 is 9.64 Å². The lowest BCUT2D eigenvalue weighted by Crippen LogP contribution is -2.57. The average Bonchev–Trinajstić information content (AvgIpc) is 3.12. The standard InChI is InChI=1S/C48H49NO/c1-46(2)23-24-47(3,4)45-39(13-10-15-41(45)46)33-17-19-37(20-18-33)49(36-11-6-5-7-12-36)38-21-22-44-42(30-38)48(40-14-8-9-16-43(40)50-44)34-26-31-25-32(28-34)29-35(48)27-31/h5-22,30-32,34-35H,23-29H2,1-4H3. The number of nitrogens with zero attached hydrogens (tertiary/aromatic N) is 1. The van der Waals surface area contributed by atoms with Crippen LogP contribution in [0.5, 0.6) is 11.5 Å². The molecule has 2 nitrogen and oxygen atoms in total. The molecule has 4 fully saturated rings. The second-order valence-corrected chi connectivity index (χ2v) is 17.7. The fraction of sp³-hybridized carbons (Fsp3) is 0.375. The van der Waals surface area contributed by atoms with Crippen LogP contribution in [-0.2, 0) is 16.2 Å². The van der Waals surface area contributed by atoms with E-state index in [1.807, 2.05) is 0 Å². The van der Waals surface area contributed by atoms with E-state index in [9.17, 15) is 0 Å². The molecule has 0 radical (unpaired) electrons. The number of rotatable bonds is 4. The van der Waals surface area contributed by atoms with Crippen LogP contribution in [0.15, 0.2) is 115 Å². The third kappa shape index (κ3) is 4.39. The maximum absolute atomic E-state index is 6.78. The lowest BCUT2D eigenvalue weighted by atomic mass is 9.42. The first-order chi connectivity index (χ1) is 24.2. The molecule has 0 N–H and O–H groups in total. The van der Waals surface area contributed by atoms with E-state index >= 15 is 0 Å². The van der Waals surface area contributed by atoms with Crippen molar-refractivity contribution in [2.24, 2.45) is 23.7 Å². The molecule has 6 aliphatic rings. The van der Waals surface area contributed by atoms with E-state index in [0.717, 1.165) is 23.3 Å². The van der Waals surface area contributed by atoms with Gasteiger partial charge in [-0.15, -0.1) is 0 Å². The molecule has 5 aromatic carbocycles. The summed E-state index contributed by atoms with van der Waals surface area (Å²) in [6.45, 7) is 9.71. The number of para-hydroxylation sites is 2. The van der Waals surface area contributed by atoms with Gasteiger partial charge in [-0.2, -0.15) is 0 Å². The van der Waals surface area contributed by atoms with Crippen molar-refractivity contribution in [3.63, 3.8) is 0 Å². The molecule has 1 spiro atoms. The number of anilines is 3. The summed E-state index contributed by atoms with van der Waals surface area (Å²) in [6, 6.07) is 43.4. The Morgan fingerprint density at radius 3 is 1.86 bits per heavy atom. The SMILES string of the molecule is CC1(C)CCC(C)(C)c2c(-c3ccc(N(c4ccccc4)c4ccc5c(c4)C4(c6ccccc6O5)C5CC6CC(C5)CC4C6)cc3)cccc21. The van der Waals surface area contributed by atoms with Crippen LogP contribution in [0.3, 0.4) is 0 Å².